The summed E-state index contributed by atoms with van der Waals surface area (Å²) in [4.78, 5) is 18.0. The smallest absolute Gasteiger partial charge is 0.300 e. The molecule has 0 aromatic carbocycles. The number of carboxylic acids is 2. The second-order valence-electron chi connectivity index (χ2n) is 2.47. The number of carboxylic acid groups (broad SMARTS) is 2. The number of rotatable bonds is 3. The van der Waals surface area contributed by atoms with E-state index in [0.29, 0.717) is 0 Å². The minimum absolute atomic E-state index is 0.833. The minimum atomic E-state index is -0.833. The van der Waals surface area contributed by atoms with Gasteiger partial charge >= 0.3 is 0 Å². The lowest BCUT2D eigenvalue weighted by atomic mass is 10.3. The minimum Gasteiger partial charge on any atom is -0.481 e. The summed E-state index contributed by atoms with van der Waals surface area (Å²) in [6.45, 7) is 7.95. The highest BCUT2D eigenvalue weighted by atomic mass is 16.4. The summed E-state index contributed by atoms with van der Waals surface area (Å²) in [7, 11) is 0. The van der Waals surface area contributed by atoms with Crippen molar-refractivity contribution >= 4 is 11.9 Å². The molecule has 84 valence electrons. The number of allylic oxidation sites excluding steroid dienone is 1. The molecule has 0 aromatic rings. The van der Waals surface area contributed by atoms with E-state index in [9.17, 15) is 0 Å². The van der Waals surface area contributed by atoms with Crippen LogP contribution in [0.4, 0.5) is 0 Å². The molecule has 0 bridgehead atoms. The lowest BCUT2D eigenvalue weighted by molar-refractivity contribution is -0.135. The van der Waals surface area contributed by atoms with E-state index in [2.05, 4.69) is 13.5 Å². The van der Waals surface area contributed by atoms with Crippen LogP contribution in [0.25, 0.3) is 0 Å². The van der Waals surface area contributed by atoms with E-state index in [1.165, 1.54) is 19.3 Å². The maximum atomic E-state index is 9.00. The predicted octanol–water partition coefficient (Wildman–Crippen LogP) is 2.54. The molecule has 0 aromatic heterocycles. The molecule has 0 fully saturated rings. The van der Waals surface area contributed by atoms with Gasteiger partial charge in [-0.3, -0.25) is 9.59 Å². The molecule has 2 N–H and O–H groups in total. The van der Waals surface area contributed by atoms with Crippen LogP contribution in [0.1, 0.15) is 40.0 Å². The predicted molar refractivity (Wildman–Crippen MR) is 56.3 cm³/mol. The number of hydrogen-bond donors (Lipinski definition) is 2. The standard InChI is InChI=1S/C6H12.2C2H4O2/c1-3-5-6-4-2;2*1-2(3)4/h3H,1,4-6H2,2H3;2*1H3,(H,3,4). The van der Waals surface area contributed by atoms with Crippen LogP contribution in [0.15, 0.2) is 12.7 Å². The maximum Gasteiger partial charge on any atom is 0.300 e. The maximum absolute atomic E-state index is 9.00. The van der Waals surface area contributed by atoms with E-state index in [1.807, 2.05) is 6.08 Å². The highest BCUT2D eigenvalue weighted by Crippen LogP contribution is 1.91. The Morgan fingerprint density at radius 2 is 1.50 bits per heavy atom. The Bertz CT molecular complexity index is 132. The summed E-state index contributed by atoms with van der Waals surface area (Å²) in [5.74, 6) is -1.67. The number of unbranched alkanes of at least 4 members (excludes halogenated alkanes) is 2. The lowest BCUT2D eigenvalue weighted by Gasteiger charge is -1.81. The Kier molecular flexibility index (Phi) is 23.3. The van der Waals surface area contributed by atoms with E-state index in [-0.39, 0.29) is 0 Å². The molecule has 0 amide bonds. The number of hydrogen-bond acceptors (Lipinski definition) is 2. The molecule has 4 nitrogen and oxygen atoms in total. The van der Waals surface area contributed by atoms with Gasteiger partial charge in [0.2, 0.25) is 0 Å². The Hall–Kier alpha value is -1.32. The molecule has 0 unspecified atom stereocenters. The highest BCUT2D eigenvalue weighted by Gasteiger charge is 1.71. The fourth-order valence-corrected chi connectivity index (χ4v) is 0.348. The monoisotopic (exact) mass is 204 g/mol. The van der Waals surface area contributed by atoms with Crippen molar-refractivity contribution in [1.29, 1.82) is 0 Å². The Balaban J connectivity index is -0.000000135. The van der Waals surface area contributed by atoms with Crippen LogP contribution in [-0.4, -0.2) is 22.2 Å². The van der Waals surface area contributed by atoms with E-state index in [4.69, 9.17) is 19.8 Å². The van der Waals surface area contributed by atoms with Crippen LogP contribution >= 0.6 is 0 Å². The van der Waals surface area contributed by atoms with E-state index >= 15 is 0 Å². The third kappa shape index (κ3) is 355. The molecule has 0 radical (unpaired) electrons. The van der Waals surface area contributed by atoms with Crippen LogP contribution in [0, 0.1) is 0 Å². The average Bonchev–Trinajstić information content (AvgIpc) is 1.98. The van der Waals surface area contributed by atoms with Crippen molar-refractivity contribution in [2.45, 2.75) is 40.0 Å². The number of aliphatic carboxylic acids is 2. The summed E-state index contributed by atoms with van der Waals surface area (Å²) in [5, 5.41) is 14.8. The summed E-state index contributed by atoms with van der Waals surface area (Å²) in [6, 6.07) is 0. The Morgan fingerprint density at radius 3 is 1.57 bits per heavy atom. The van der Waals surface area contributed by atoms with E-state index in [1.54, 1.807) is 0 Å². The molecule has 0 spiro atoms. The second kappa shape index (κ2) is 17.7. The van der Waals surface area contributed by atoms with Crippen molar-refractivity contribution in [2.75, 3.05) is 0 Å². The molecule has 0 heterocycles. The summed E-state index contributed by atoms with van der Waals surface area (Å²) >= 11 is 0. The first kappa shape index (κ1) is 18.5. The first-order chi connectivity index (χ1) is 6.38. The van der Waals surface area contributed by atoms with Gasteiger partial charge in [0.1, 0.15) is 0 Å². The summed E-state index contributed by atoms with van der Waals surface area (Å²) < 4.78 is 0. The van der Waals surface area contributed by atoms with Gasteiger partial charge in [0.15, 0.2) is 0 Å². The zero-order chi connectivity index (χ0) is 12.0. The largest absolute Gasteiger partial charge is 0.481 e. The molecular formula is C10H20O4. The van der Waals surface area contributed by atoms with Crippen LogP contribution in [0.3, 0.4) is 0 Å². The van der Waals surface area contributed by atoms with Crippen molar-refractivity contribution in [2.24, 2.45) is 0 Å². The topological polar surface area (TPSA) is 74.6 Å². The molecule has 0 aliphatic heterocycles. The fraction of sp³-hybridized carbons (Fsp3) is 0.600. The molecule has 0 saturated carbocycles. The zero-order valence-corrected chi connectivity index (χ0v) is 9.12. The van der Waals surface area contributed by atoms with Crippen molar-refractivity contribution < 1.29 is 19.8 Å². The molecule has 0 atom stereocenters. The fourth-order valence-electron chi connectivity index (χ4n) is 0.348. The summed E-state index contributed by atoms with van der Waals surface area (Å²) in [6.07, 6.45) is 5.72. The third-order valence-corrected chi connectivity index (χ3v) is 0.762. The molecule has 0 aliphatic rings. The van der Waals surface area contributed by atoms with E-state index in [0.717, 1.165) is 13.8 Å². The third-order valence-electron chi connectivity index (χ3n) is 0.762. The average molecular weight is 204 g/mol. The normalized spacial score (nSPS) is 7.07. The van der Waals surface area contributed by atoms with Crippen LogP contribution < -0.4 is 0 Å². The lowest BCUT2D eigenvalue weighted by Crippen LogP contribution is -1.78. The van der Waals surface area contributed by atoms with Gasteiger partial charge in [0.05, 0.1) is 0 Å². The molecule has 4 heteroatoms. The molecule has 0 rings (SSSR count). The van der Waals surface area contributed by atoms with Crippen molar-refractivity contribution in [3.8, 4) is 0 Å². The Morgan fingerprint density at radius 1 is 1.21 bits per heavy atom. The van der Waals surface area contributed by atoms with Gasteiger partial charge < -0.3 is 10.2 Å². The number of carbonyl (C=O) groups is 2. The van der Waals surface area contributed by atoms with Gasteiger partial charge in [0, 0.05) is 13.8 Å². The van der Waals surface area contributed by atoms with Crippen molar-refractivity contribution in [3.63, 3.8) is 0 Å². The molecular weight excluding hydrogens is 184 g/mol. The molecule has 0 aliphatic carbocycles. The van der Waals surface area contributed by atoms with Crippen LogP contribution in [-0.2, 0) is 9.59 Å². The first-order valence-electron chi connectivity index (χ1n) is 4.38. The van der Waals surface area contributed by atoms with Gasteiger partial charge in [-0.05, 0) is 6.42 Å². The quantitative estimate of drug-likeness (QED) is 0.547. The first-order valence-corrected chi connectivity index (χ1v) is 4.38. The van der Waals surface area contributed by atoms with Crippen molar-refractivity contribution in [3.05, 3.63) is 12.7 Å². The van der Waals surface area contributed by atoms with Crippen molar-refractivity contribution in [1.82, 2.24) is 0 Å². The van der Waals surface area contributed by atoms with Gasteiger partial charge in [-0.25, -0.2) is 0 Å². The van der Waals surface area contributed by atoms with Crippen LogP contribution in [0.5, 0.6) is 0 Å². The van der Waals surface area contributed by atoms with Gasteiger partial charge in [-0.15, -0.1) is 6.58 Å². The SMILES string of the molecule is C=CCCCC.CC(=O)O.CC(=O)O. The van der Waals surface area contributed by atoms with Gasteiger partial charge in [0.25, 0.3) is 11.9 Å². The second-order valence-corrected chi connectivity index (χ2v) is 2.47. The van der Waals surface area contributed by atoms with Gasteiger partial charge in [-0.2, -0.15) is 0 Å². The zero-order valence-electron chi connectivity index (χ0n) is 9.12. The van der Waals surface area contributed by atoms with E-state index < -0.39 is 11.9 Å². The van der Waals surface area contributed by atoms with Gasteiger partial charge in [-0.1, -0.05) is 25.8 Å². The molecule has 0 saturated heterocycles. The summed E-state index contributed by atoms with van der Waals surface area (Å²) in [5.41, 5.74) is 0. The molecule has 14 heavy (non-hydrogen) atoms. The Labute approximate surface area is 85.3 Å². The van der Waals surface area contributed by atoms with Crippen LogP contribution in [0.2, 0.25) is 0 Å². The highest BCUT2D eigenvalue weighted by molar-refractivity contribution is 5.63.